The molecule has 0 radical (unpaired) electrons. The summed E-state index contributed by atoms with van der Waals surface area (Å²) in [6.45, 7) is 6.80. The summed E-state index contributed by atoms with van der Waals surface area (Å²) in [5.74, 6) is 0.520. The first kappa shape index (κ1) is 21.3. The highest BCUT2D eigenvalue weighted by molar-refractivity contribution is 5.98. The monoisotopic (exact) mass is 405 g/mol. The van der Waals surface area contributed by atoms with E-state index in [0.717, 1.165) is 28.4 Å². The molecule has 30 heavy (non-hydrogen) atoms. The molecule has 6 heteroatoms. The van der Waals surface area contributed by atoms with Crippen molar-refractivity contribution in [2.45, 2.75) is 40.2 Å². The van der Waals surface area contributed by atoms with Crippen molar-refractivity contribution in [2.24, 2.45) is 0 Å². The third-order valence-electron chi connectivity index (χ3n) is 4.97. The number of ether oxygens (including phenoxy) is 1. The number of aromatic nitrogens is 2. The second-order valence-corrected chi connectivity index (χ2v) is 7.05. The molecule has 0 aliphatic carbocycles. The Morgan fingerprint density at radius 3 is 2.37 bits per heavy atom. The fourth-order valence-electron chi connectivity index (χ4n) is 3.30. The van der Waals surface area contributed by atoms with Crippen molar-refractivity contribution in [3.63, 3.8) is 0 Å². The van der Waals surface area contributed by atoms with Gasteiger partial charge in [-0.1, -0.05) is 18.2 Å². The van der Waals surface area contributed by atoms with Gasteiger partial charge in [-0.2, -0.15) is 5.10 Å². The molecule has 1 amide bonds. The molecule has 1 heterocycles. The minimum absolute atomic E-state index is 0.0579. The molecule has 0 bridgehead atoms. The van der Waals surface area contributed by atoms with E-state index in [1.807, 2.05) is 55.8 Å². The van der Waals surface area contributed by atoms with Crippen molar-refractivity contribution in [3.8, 4) is 11.4 Å². The van der Waals surface area contributed by atoms with Crippen LogP contribution in [0.1, 0.15) is 47.1 Å². The lowest BCUT2D eigenvalue weighted by molar-refractivity contribution is -0.121. The van der Waals surface area contributed by atoms with E-state index in [1.54, 1.807) is 24.3 Å². The normalized spacial score (nSPS) is 10.6. The van der Waals surface area contributed by atoms with Crippen LogP contribution in [0.15, 0.2) is 54.6 Å². The van der Waals surface area contributed by atoms with Crippen molar-refractivity contribution in [2.75, 3.05) is 6.61 Å². The van der Waals surface area contributed by atoms with Gasteiger partial charge in [0.05, 0.1) is 18.0 Å². The van der Waals surface area contributed by atoms with Crippen molar-refractivity contribution >= 4 is 11.7 Å². The molecule has 1 aromatic heterocycles. The van der Waals surface area contributed by atoms with Crippen molar-refractivity contribution in [1.82, 2.24) is 15.1 Å². The summed E-state index contributed by atoms with van der Waals surface area (Å²) in [5, 5.41) is 7.51. The standard InChI is InChI=1S/C24H27N3O3/c1-4-30-21-12-10-19(11-13-21)23(28)14-15-24(29)25-16-22-17(2)26-27(18(22)3)20-8-6-5-7-9-20/h5-13H,4,14-16H2,1-3H3,(H,25,29). The number of amides is 1. The third-order valence-corrected chi connectivity index (χ3v) is 4.97. The largest absolute Gasteiger partial charge is 0.494 e. The van der Waals surface area contributed by atoms with Crippen LogP contribution in [0.3, 0.4) is 0 Å². The van der Waals surface area contributed by atoms with Gasteiger partial charge in [-0.3, -0.25) is 9.59 Å². The Labute approximate surface area is 176 Å². The number of para-hydroxylation sites is 1. The SMILES string of the molecule is CCOc1ccc(C(=O)CCC(=O)NCc2c(C)nn(-c3ccccc3)c2C)cc1. The lowest BCUT2D eigenvalue weighted by atomic mass is 10.1. The molecule has 0 saturated heterocycles. The number of carbonyl (C=O) groups is 2. The Kier molecular flexibility index (Phi) is 7.01. The van der Waals surface area contributed by atoms with E-state index < -0.39 is 0 Å². The van der Waals surface area contributed by atoms with E-state index in [4.69, 9.17) is 4.74 Å². The van der Waals surface area contributed by atoms with E-state index in [2.05, 4.69) is 10.4 Å². The molecular formula is C24H27N3O3. The first-order valence-corrected chi connectivity index (χ1v) is 10.1. The second kappa shape index (κ2) is 9.87. The van der Waals surface area contributed by atoms with Crippen LogP contribution in [-0.4, -0.2) is 28.1 Å². The molecule has 1 N–H and O–H groups in total. The highest BCUT2D eigenvalue weighted by Crippen LogP contribution is 2.18. The average Bonchev–Trinajstić information content (AvgIpc) is 3.05. The first-order valence-electron chi connectivity index (χ1n) is 10.1. The van der Waals surface area contributed by atoms with Gasteiger partial charge in [0, 0.05) is 36.2 Å². The zero-order valence-electron chi connectivity index (χ0n) is 17.6. The fourth-order valence-corrected chi connectivity index (χ4v) is 3.30. The Bertz CT molecular complexity index is 1010. The van der Waals surface area contributed by atoms with Crippen LogP contribution in [0.5, 0.6) is 5.75 Å². The van der Waals surface area contributed by atoms with Gasteiger partial charge >= 0.3 is 0 Å². The molecule has 0 aliphatic heterocycles. The van der Waals surface area contributed by atoms with Gasteiger partial charge in [-0.25, -0.2) is 4.68 Å². The number of nitrogens with zero attached hydrogens (tertiary/aromatic N) is 2. The molecule has 156 valence electrons. The number of aryl methyl sites for hydroxylation is 1. The van der Waals surface area contributed by atoms with E-state index in [-0.39, 0.29) is 24.5 Å². The minimum Gasteiger partial charge on any atom is -0.494 e. The minimum atomic E-state index is -0.152. The lowest BCUT2D eigenvalue weighted by Crippen LogP contribution is -2.24. The second-order valence-electron chi connectivity index (χ2n) is 7.05. The number of benzene rings is 2. The molecule has 0 aliphatic rings. The highest BCUT2D eigenvalue weighted by Gasteiger charge is 2.14. The predicted octanol–water partition coefficient (Wildman–Crippen LogP) is 4.17. The van der Waals surface area contributed by atoms with Gasteiger partial charge in [0.1, 0.15) is 5.75 Å². The average molecular weight is 405 g/mol. The Hall–Kier alpha value is -3.41. The van der Waals surface area contributed by atoms with Crippen molar-refractivity contribution in [1.29, 1.82) is 0 Å². The third kappa shape index (κ3) is 5.14. The van der Waals surface area contributed by atoms with Gasteiger partial charge < -0.3 is 10.1 Å². The van der Waals surface area contributed by atoms with Crippen molar-refractivity contribution in [3.05, 3.63) is 77.1 Å². The predicted molar refractivity (Wildman–Crippen MR) is 116 cm³/mol. The lowest BCUT2D eigenvalue weighted by Gasteiger charge is -2.07. The van der Waals surface area contributed by atoms with Gasteiger partial charge in [0.15, 0.2) is 5.78 Å². The highest BCUT2D eigenvalue weighted by atomic mass is 16.5. The van der Waals surface area contributed by atoms with Crippen LogP contribution >= 0.6 is 0 Å². The molecule has 0 saturated carbocycles. The van der Waals surface area contributed by atoms with Crippen LogP contribution in [0, 0.1) is 13.8 Å². The van der Waals surface area contributed by atoms with Gasteiger partial charge in [0.25, 0.3) is 0 Å². The molecule has 3 rings (SSSR count). The van der Waals surface area contributed by atoms with Gasteiger partial charge in [-0.05, 0) is 57.2 Å². The van der Waals surface area contributed by atoms with Crippen LogP contribution in [0.2, 0.25) is 0 Å². The Balaban J connectivity index is 1.53. The smallest absolute Gasteiger partial charge is 0.220 e. The number of rotatable bonds is 9. The van der Waals surface area contributed by atoms with Gasteiger partial charge in [0.2, 0.25) is 5.91 Å². The zero-order chi connectivity index (χ0) is 21.5. The summed E-state index contributed by atoms with van der Waals surface area (Å²) in [6.07, 6.45) is 0.317. The van der Waals surface area contributed by atoms with Crippen LogP contribution < -0.4 is 10.1 Å². The van der Waals surface area contributed by atoms with Crippen LogP contribution in [0.4, 0.5) is 0 Å². The Morgan fingerprint density at radius 1 is 1.00 bits per heavy atom. The summed E-state index contributed by atoms with van der Waals surface area (Å²) in [5.41, 5.74) is 4.43. The fraction of sp³-hybridized carbons (Fsp3) is 0.292. The zero-order valence-corrected chi connectivity index (χ0v) is 17.6. The van der Waals surface area contributed by atoms with Crippen molar-refractivity contribution < 1.29 is 14.3 Å². The summed E-state index contributed by atoms with van der Waals surface area (Å²) in [4.78, 5) is 24.6. The van der Waals surface area contributed by atoms with Crippen LogP contribution in [-0.2, 0) is 11.3 Å². The number of hydrogen-bond donors (Lipinski definition) is 1. The Morgan fingerprint density at radius 2 is 1.70 bits per heavy atom. The first-order chi connectivity index (χ1) is 14.5. The van der Waals surface area contributed by atoms with E-state index in [0.29, 0.717) is 18.7 Å². The maximum atomic E-state index is 12.3. The summed E-state index contributed by atoms with van der Waals surface area (Å²) in [6, 6.07) is 16.9. The quantitative estimate of drug-likeness (QED) is 0.543. The molecule has 2 aromatic carbocycles. The summed E-state index contributed by atoms with van der Waals surface area (Å²) >= 11 is 0. The maximum Gasteiger partial charge on any atom is 0.220 e. The van der Waals surface area contributed by atoms with Crippen LogP contribution in [0.25, 0.3) is 5.69 Å². The molecule has 6 nitrogen and oxygen atoms in total. The van der Waals surface area contributed by atoms with Gasteiger partial charge in [-0.15, -0.1) is 0 Å². The van der Waals surface area contributed by atoms with E-state index >= 15 is 0 Å². The molecule has 0 spiro atoms. The summed E-state index contributed by atoms with van der Waals surface area (Å²) < 4.78 is 7.26. The number of hydrogen-bond acceptors (Lipinski definition) is 4. The molecule has 0 fully saturated rings. The maximum absolute atomic E-state index is 12.3. The summed E-state index contributed by atoms with van der Waals surface area (Å²) in [7, 11) is 0. The molecular weight excluding hydrogens is 378 g/mol. The van der Waals surface area contributed by atoms with E-state index in [1.165, 1.54) is 0 Å². The number of Topliss-reactive ketones (excluding diaryl/α,β-unsaturated/α-hetero) is 1. The van der Waals surface area contributed by atoms with E-state index in [9.17, 15) is 9.59 Å². The topological polar surface area (TPSA) is 73.2 Å². The molecule has 0 atom stereocenters. The number of carbonyl (C=O) groups excluding carboxylic acids is 2. The number of nitrogens with one attached hydrogen (secondary N) is 1. The number of ketones is 1. The molecule has 3 aromatic rings. The molecule has 0 unspecified atom stereocenters.